The van der Waals surface area contributed by atoms with E-state index >= 15 is 0 Å². The molecule has 2 rings (SSSR count). The number of aliphatic hydroxyl groups excluding tert-OH is 2. The number of aliphatic hydroxyl groups is 2. The molecule has 0 spiro atoms. The molecular weight excluding hydrogens is 326 g/mol. The molecule has 0 radical (unpaired) electrons. The predicted octanol–water partition coefficient (Wildman–Crippen LogP) is -0.775. The van der Waals surface area contributed by atoms with Crippen LogP contribution in [0.4, 0.5) is 10.6 Å². The Morgan fingerprint density at radius 2 is 2.17 bits per heavy atom. The first-order valence-corrected chi connectivity index (χ1v) is 7.17. The second kappa shape index (κ2) is 7.57. The summed E-state index contributed by atoms with van der Waals surface area (Å²) < 4.78 is 15.9. The Bertz CT molecular complexity index is 634. The van der Waals surface area contributed by atoms with Crippen molar-refractivity contribution in [3.8, 4) is 0 Å². The van der Waals surface area contributed by atoms with E-state index in [-0.39, 0.29) is 18.5 Å². The molecule has 0 saturated carbocycles. The van der Waals surface area contributed by atoms with E-state index in [0.29, 0.717) is 0 Å². The van der Waals surface area contributed by atoms with Crippen molar-refractivity contribution in [1.29, 1.82) is 0 Å². The van der Waals surface area contributed by atoms with Crippen LogP contribution >= 0.6 is 0 Å². The molecule has 1 fully saturated rings. The summed E-state index contributed by atoms with van der Waals surface area (Å²) >= 11 is 0. The van der Waals surface area contributed by atoms with Gasteiger partial charge in [0, 0.05) is 6.20 Å². The molecule has 2 heterocycles. The number of hydrogen-bond donors (Lipinski definition) is 4. The third-order valence-electron chi connectivity index (χ3n) is 3.25. The van der Waals surface area contributed by atoms with Gasteiger partial charge >= 0.3 is 11.8 Å². The van der Waals surface area contributed by atoms with E-state index in [0.717, 1.165) is 4.57 Å². The van der Waals surface area contributed by atoms with E-state index in [1.807, 2.05) is 0 Å². The lowest BCUT2D eigenvalue weighted by molar-refractivity contribution is -0.0663. The number of nitrogens with zero attached hydrogens (tertiary/aromatic N) is 2. The maximum absolute atomic E-state index is 11.9. The molecule has 1 aliphatic rings. The molecule has 4 N–H and O–H groups in total. The van der Waals surface area contributed by atoms with E-state index in [2.05, 4.69) is 4.98 Å². The lowest BCUT2D eigenvalue weighted by Crippen LogP contribution is -2.36. The van der Waals surface area contributed by atoms with Crippen LogP contribution in [0.3, 0.4) is 0 Å². The van der Waals surface area contributed by atoms with Crippen molar-refractivity contribution >= 4 is 12.0 Å². The second-order valence-electron chi connectivity index (χ2n) is 5.39. The largest absolute Gasteiger partial charge is 0.508 e. The number of carbonyl (C=O) groups excluding carboxylic acids is 1. The van der Waals surface area contributed by atoms with E-state index in [4.69, 9.17) is 19.4 Å². The van der Waals surface area contributed by atoms with Gasteiger partial charge in [-0.25, -0.2) is 9.59 Å². The smallest absolute Gasteiger partial charge is 0.432 e. The number of anilines is 1. The highest BCUT2D eigenvalue weighted by Gasteiger charge is 2.44. The highest BCUT2D eigenvalue weighted by atomic mass is 16.7. The molecule has 134 valence electrons. The lowest BCUT2D eigenvalue weighted by Gasteiger charge is -2.17. The summed E-state index contributed by atoms with van der Waals surface area (Å²) in [4.78, 5) is 26.7. The maximum Gasteiger partial charge on any atom is 0.508 e. The second-order valence-corrected chi connectivity index (χ2v) is 5.39. The number of nitrogens with one attached hydrogen (secondary N) is 1. The summed E-state index contributed by atoms with van der Waals surface area (Å²) in [6.45, 7) is 2.93. The minimum Gasteiger partial charge on any atom is -0.432 e. The van der Waals surface area contributed by atoms with Gasteiger partial charge in [0.25, 0.3) is 0 Å². The van der Waals surface area contributed by atoms with Crippen LogP contribution in [-0.4, -0.2) is 62.1 Å². The lowest BCUT2D eigenvalue weighted by atomic mass is 10.1. The zero-order chi connectivity index (χ0) is 17.9. The molecule has 0 bridgehead atoms. The molecule has 11 nitrogen and oxygen atoms in total. The summed E-state index contributed by atoms with van der Waals surface area (Å²) in [5.41, 5.74) is 0.900. The Balaban J connectivity index is 2.04. The van der Waals surface area contributed by atoms with Gasteiger partial charge in [0.05, 0.1) is 6.10 Å². The van der Waals surface area contributed by atoms with Gasteiger partial charge in [0.2, 0.25) is 0 Å². The molecule has 1 aromatic rings. The molecule has 4 atom stereocenters. The van der Waals surface area contributed by atoms with Crippen molar-refractivity contribution in [2.24, 2.45) is 0 Å². The van der Waals surface area contributed by atoms with Crippen LogP contribution in [0.25, 0.3) is 0 Å². The van der Waals surface area contributed by atoms with Crippen molar-refractivity contribution in [3.63, 3.8) is 0 Å². The Morgan fingerprint density at radius 3 is 2.75 bits per heavy atom. The quantitative estimate of drug-likeness (QED) is 0.395. The maximum atomic E-state index is 11.9. The van der Waals surface area contributed by atoms with E-state index in [1.54, 1.807) is 19.3 Å². The summed E-state index contributed by atoms with van der Waals surface area (Å²) in [7, 11) is 0. The Labute approximate surface area is 136 Å². The number of rotatable bonds is 5. The van der Waals surface area contributed by atoms with Crippen LogP contribution in [0, 0.1) is 0 Å². The van der Waals surface area contributed by atoms with Gasteiger partial charge in [-0.3, -0.25) is 15.3 Å². The molecular formula is C13H19N3O8. The van der Waals surface area contributed by atoms with Gasteiger partial charge in [-0.05, 0) is 19.9 Å². The van der Waals surface area contributed by atoms with Gasteiger partial charge in [0.15, 0.2) is 12.0 Å². The van der Waals surface area contributed by atoms with E-state index in [9.17, 15) is 19.8 Å². The van der Waals surface area contributed by atoms with E-state index in [1.165, 1.54) is 12.3 Å². The van der Waals surface area contributed by atoms with E-state index < -0.39 is 36.4 Å². The van der Waals surface area contributed by atoms with Crippen molar-refractivity contribution < 1.29 is 34.4 Å². The van der Waals surface area contributed by atoms with Crippen LogP contribution in [0.1, 0.15) is 20.1 Å². The fraction of sp³-hybridized carbons (Fsp3) is 0.615. The molecule has 4 unspecified atom stereocenters. The third-order valence-corrected chi connectivity index (χ3v) is 3.25. The summed E-state index contributed by atoms with van der Waals surface area (Å²) in [6.07, 6.45) is -5.17. The highest BCUT2D eigenvalue weighted by Crippen LogP contribution is 2.28. The minimum atomic E-state index is -1.44. The van der Waals surface area contributed by atoms with Crippen LogP contribution in [0.5, 0.6) is 0 Å². The normalized spacial score (nSPS) is 26.4. The van der Waals surface area contributed by atoms with Crippen molar-refractivity contribution in [3.05, 3.63) is 22.7 Å². The fourth-order valence-corrected chi connectivity index (χ4v) is 2.14. The number of ether oxygens (including phenoxy) is 3. The monoisotopic (exact) mass is 345 g/mol. The average Bonchev–Trinajstić information content (AvgIpc) is 2.80. The molecule has 1 aliphatic heterocycles. The van der Waals surface area contributed by atoms with Crippen LogP contribution in [-0.2, 0) is 14.2 Å². The first-order chi connectivity index (χ1) is 11.3. The standard InChI is InChI=1S/C13H19N3O8/c1-6(2)23-13(20)22-5-7-9(17)10(18)11(24-7)16-4-3-8(15-21)14-12(16)19/h3-4,6-7,9-11,17-18,21H,5H2,1-2H3,(H,14,15,19). The molecule has 1 saturated heterocycles. The summed E-state index contributed by atoms with van der Waals surface area (Å²) in [5, 5.41) is 28.7. The summed E-state index contributed by atoms with van der Waals surface area (Å²) in [5.74, 6) is -0.0828. The first kappa shape index (κ1) is 18.1. The molecule has 24 heavy (non-hydrogen) atoms. The topological polar surface area (TPSA) is 152 Å². The van der Waals surface area contributed by atoms with Gasteiger partial charge in [0.1, 0.15) is 24.9 Å². The van der Waals surface area contributed by atoms with Gasteiger partial charge in [-0.1, -0.05) is 0 Å². The Morgan fingerprint density at radius 1 is 1.46 bits per heavy atom. The fourth-order valence-electron chi connectivity index (χ4n) is 2.14. The number of aromatic nitrogens is 2. The number of carbonyl (C=O) groups is 1. The zero-order valence-corrected chi connectivity index (χ0v) is 13.0. The Kier molecular flexibility index (Phi) is 5.72. The molecule has 1 aromatic heterocycles. The molecule has 0 aromatic carbocycles. The van der Waals surface area contributed by atoms with Gasteiger partial charge < -0.3 is 24.4 Å². The van der Waals surface area contributed by atoms with Gasteiger partial charge in [-0.2, -0.15) is 4.98 Å². The summed E-state index contributed by atoms with van der Waals surface area (Å²) in [6, 6.07) is 1.27. The number of hydrogen-bond acceptors (Lipinski definition) is 10. The van der Waals surface area contributed by atoms with Gasteiger partial charge in [-0.15, -0.1) is 0 Å². The molecule has 11 heteroatoms. The van der Waals surface area contributed by atoms with Crippen LogP contribution in [0.2, 0.25) is 0 Å². The molecule has 0 amide bonds. The SMILES string of the molecule is CC(C)OC(=O)OCC1OC(n2ccc(NO)nc2=O)C(O)C1O. The van der Waals surface area contributed by atoms with Crippen molar-refractivity contribution in [2.75, 3.05) is 12.1 Å². The van der Waals surface area contributed by atoms with Crippen LogP contribution < -0.4 is 11.2 Å². The average molecular weight is 345 g/mol. The minimum absolute atomic E-state index is 0.0828. The zero-order valence-electron chi connectivity index (χ0n) is 13.0. The Hall–Kier alpha value is -2.21. The van der Waals surface area contributed by atoms with Crippen molar-refractivity contribution in [1.82, 2.24) is 9.55 Å². The third kappa shape index (κ3) is 4.00. The predicted molar refractivity (Wildman–Crippen MR) is 77.4 cm³/mol. The molecule has 0 aliphatic carbocycles. The highest BCUT2D eigenvalue weighted by molar-refractivity contribution is 5.60. The van der Waals surface area contributed by atoms with Crippen molar-refractivity contribution in [2.45, 2.75) is 44.5 Å². The van der Waals surface area contributed by atoms with Crippen LogP contribution in [0.15, 0.2) is 17.1 Å². The first-order valence-electron chi connectivity index (χ1n) is 7.17.